The number of sulfone groups is 1. The highest BCUT2D eigenvalue weighted by Gasteiger charge is 2.33. The number of aromatic nitrogens is 1. The van der Waals surface area contributed by atoms with Gasteiger partial charge in [-0.1, -0.05) is 41.7 Å². The summed E-state index contributed by atoms with van der Waals surface area (Å²) < 4.78 is 44.4. The predicted molar refractivity (Wildman–Crippen MR) is 101 cm³/mol. The molecule has 1 aliphatic heterocycles. The van der Waals surface area contributed by atoms with Gasteiger partial charge < -0.3 is 4.74 Å². The number of nitrogens with one attached hydrogen (secondary N) is 1. The number of anilines is 1. The van der Waals surface area contributed by atoms with E-state index < -0.39 is 21.6 Å². The van der Waals surface area contributed by atoms with E-state index in [1.54, 1.807) is 30.3 Å². The lowest BCUT2D eigenvalue weighted by atomic mass is 10.2. The van der Waals surface area contributed by atoms with E-state index in [1.807, 2.05) is 0 Å². The number of fused-ring (bicyclic) bond motifs is 1. The summed E-state index contributed by atoms with van der Waals surface area (Å²) >= 11 is 1.09. The molecular weight excluding hydrogens is 391 g/mol. The van der Waals surface area contributed by atoms with Crippen molar-refractivity contribution in [2.24, 2.45) is 0 Å². The van der Waals surface area contributed by atoms with Crippen molar-refractivity contribution >= 4 is 47.3 Å². The number of amides is 1. The van der Waals surface area contributed by atoms with Gasteiger partial charge in [0.2, 0.25) is 5.76 Å². The molecule has 9 heteroatoms. The third-order valence-corrected chi connectivity index (χ3v) is 6.61. The number of halogens is 1. The van der Waals surface area contributed by atoms with E-state index in [4.69, 9.17) is 4.74 Å². The summed E-state index contributed by atoms with van der Waals surface area (Å²) in [6, 6.07) is 12.4. The third-order valence-electron chi connectivity index (χ3n) is 3.93. The van der Waals surface area contributed by atoms with Gasteiger partial charge in [0.05, 0.1) is 16.0 Å². The van der Waals surface area contributed by atoms with E-state index in [9.17, 15) is 17.6 Å². The van der Waals surface area contributed by atoms with Gasteiger partial charge in [0.1, 0.15) is 17.3 Å². The summed E-state index contributed by atoms with van der Waals surface area (Å²) in [6.45, 7) is -0.105. The first-order valence-electron chi connectivity index (χ1n) is 7.97. The number of ether oxygens (including phenoxy) is 1. The van der Waals surface area contributed by atoms with Crippen LogP contribution in [0.4, 0.5) is 9.52 Å². The van der Waals surface area contributed by atoms with E-state index in [2.05, 4.69) is 10.3 Å². The number of thiazole rings is 1. The smallest absolute Gasteiger partial charge is 0.293 e. The molecule has 27 heavy (non-hydrogen) atoms. The maximum absolute atomic E-state index is 13.3. The van der Waals surface area contributed by atoms with E-state index in [-0.39, 0.29) is 28.2 Å². The van der Waals surface area contributed by atoms with Gasteiger partial charge in [0.15, 0.2) is 15.0 Å². The van der Waals surface area contributed by atoms with Crippen molar-refractivity contribution in [3.05, 3.63) is 65.7 Å². The molecule has 0 fully saturated rings. The zero-order valence-electron chi connectivity index (χ0n) is 13.8. The van der Waals surface area contributed by atoms with Crippen LogP contribution in [0.1, 0.15) is 5.56 Å². The zero-order valence-corrected chi connectivity index (χ0v) is 15.4. The molecule has 0 spiro atoms. The average molecular weight is 404 g/mol. The lowest BCUT2D eigenvalue weighted by Crippen LogP contribution is -2.28. The van der Waals surface area contributed by atoms with E-state index in [1.165, 1.54) is 18.2 Å². The van der Waals surface area contributed by atoms with Crippen molar-refractivity contribution in [1.29, 1.82) is 0 Å². The second-order valence-electron chi connectivity index (χ2n) is 5.78. The number of benzene rings is 2. The van der Waals surface area contributed by atoms with Gasteiger partial charge in [0, 0.05) is 0 Å². The van der Waals surface area contributed by atoms with Gasteiger partial charge >= 0.3 is 0 Å². The number of nitrogens with zero attached hydrogens (tertiary/aromatic N) is 1. The fraction of sp³-hybridized carbons (Fsp3) is 0.111. The van der Waals surface area contributed by atoms with Gasteiger partial charge in [-0.05, 0) is 23.8 Å². The van der Waals surface area contributed by atoms with Gasteiger partial charge in [0.25, 0.3) is 5.91 Å². The Balaban J connectivity index is 1.74. The van der Waals surface area contributed by atoms with Crippen molar-refractivity contribution in [3.8, 4) is 0 Å². The molecule has 1 amide bonds. The molecule has 138 valence electrons. The van der Waals surface area contributed by atoms with E-state index in [0.29, 0.717) is 15.8 Å². The first-order chi connectivity index (χ1) is 12.9. The summed E-state index contributed by atoms with van der Waals surface area (Å²) in [4.78, 5) is 16.8. The lowest BCUT2D eigenvalue weighted by molar-refractivity contribution is -0.115. The number of rotatable bonds is 3. The second kappa shape index (κ2) is 6.75. The summed E-state index contributed by atoms with van der Waals surface area (Å²) in [5.41, 5.74) is 0.917. The molecule has 0 unspecified atom stereocenters. The Hall–Kier alpha value is -2.78. The topological polar surface area (TPSA) is 85.4 Å². The van der Waals surface area contributed by atoms with Crippen LogP contribution in [-0.4, -0.2) is 31.7 Å². The minimum Gasteiger partial charge on any atom is -0.486 e. The molecule has 3 aromatic rings. The molecule has 0 atom stereocenters. The van der Waals surface area contributed by atoms with Crippen LogP contribution >= 0.6 is 11.3 Å². The molecule has 0 saturated heterocycles. The number of hydrogen-bond donors (Lipinski definition) is 1. The van der Waals surface area contributed by atoms with Gasteiger partial charge in [-0.15, -0.1) is 0 Å². The SMILES string of the molecule is O=C(Nc1nc2ccc(F)cc2s1)C1=C(c2ccccc2)S(=O)(=O)CCO1. The number of carbonyl (C=O) groups excluding carboxylic acids is 1. The largest absolute Gasteiger partial charge is 0.486 e. The highest BCUT2D eigenvalue weighted by Crippen LogP contribution is 2.32. The van der Waals surface area contributed by atoms with Crippen molar-refractivity contribution < 1.29 is 22.3 Å². The molecule has 0 saturated carbocycles. The fourth-order valence-corrected chi connectivity index (χ4v) is 5.06. The van der Waals surface area contributed by atoms with Crippen molar-refractivity contribution in [3.63, 3.8) is 0 Å². The Morgan fingerprint density at radius 2 is 1.96 bits per heavy atom. The van der Waals surface area contributed by atoms with Gasteiger partial charge in [-0.25, -0.2) is 17.8 Å². The fourth-order valence-electron chi connectivity index (χ4n) is 2.74. The van der Waals surface area contributed by atoms with Crippen molar-refractivity contribution in [2.75, 3.05) is 17.7 Å². The molecule has 1 aromatic heterocycles. The molecular formula is C18H13FN2O4S2. The van der Waals surface area contributed by atoms with Crippen LogP contribution in [0.5, 0.6) is 0 Å². The maximum atomic E-state index is 13.3. The van der Waals surface area contributed by atoms with Crippen LogP contribution in [0, 0.1) is 5.82 Å². The highest BCUT2D eigenvalue weighted by molar-refractivity contribution is 8.00. The van der Waals surface area contributed by atoms with E-state index in [0.717, 1.165) is 11.3 Å². The first kappa shape index (κ1) is 17.6. The van der Waals surface area contributed by atoms with Crippen LogP contribution in [0.2, 0.25) is 0 Å². The van der Waals surface area contributed by atoms with Crippen LogP contribution in [0.3, 0.4) is 0 Å². The molecule has 1 N–H and O–H groups in total. The average Bonchev–Trinajstić information content (AvgIpc) is 3.02. The molecule has 0 aliphatic carbocycles. The Morgan fingerprint density at radius 3 is 2.74 bits per heavy atom. The minimum atomic E-state index is -3.67. The maximum Gasteiger partial charge on any atom is 0.293 e. The zero-order chi connectivity index (χ0) is 19.0. The molecule has 2 aromatic carbocycles. The van der Waals surface area contributed by atoms with Crippen molar-refractivity contribution in [1.82, 2.24) is 4.98 Å². The summed E-state index contributed by atoms with van der Waals surface area (Å²) in [5, 5.41) is 2.79. The Bertz CT molecular complexity index is 1170. The molecule has 4 rings (SSSR count). The van der Waals surface area contributed by atoms with Crippen LogP contribution in [-0.2, 0) is 19.4 Å². The molecule has 6 nitrogen and oxygen atoms in total. The van der Waals surface area contributed by atoms with Crippen LogP contribution < -0.4 is 5.32 Å². The van der Waals surface area contributed by atoms with Gasteiger partial charge in [-0.2, -0.15) is 0 Å². The first-order valence-corrected chi connectivity index (χ1v) is 10.4. The minimum absolute atomic E-state index is 0.105. The molecule has 0 radical (unpaired) electrons. The van der Waals surface area contributed by atoms with E-state index >= 15 is 0 Å². The summed E-state index contributed by atoms with van der Waals surface area (Å²) in [7, 11) is -3.67. The predicted octanol–water partition coefficient (Wildman–Crippen LogP) is 3.19. The molecule has 0 bridgehead atoms. The van der Waals surface area contributed by atoms with Crippen LogP contribution in [0.25, 0.3) is 15.1 Å². The molecule has 1 aliphatic rings. The molecule has 2 heterocycles. The quantitative estimate of drug-likeness (QED) is 0.725. The standard InChI is InChI=1S/C18H13FN2O4S2/c19-12-6-7-13-14(10-12)26-18(20-13)21-17(22)15-16(11-4-2-1-3-5-11)27(23,24)9-8-25-15/h1-7,10H,8-9H2,(H,20,21,22). The second-order valence-corrected chi connectivity index (χ2v) is 8.85. The van der Waals surface area contributed by atoms with Crippen LogP contribution in [0.15, 0.2) is 54.3 Å². The Morgan fingerprint density at radius 1 is 1.19 bits per heavy atom. The normalized spacial score (nSPS) is 16.2. The number of carbonyl (C=O) groups is 1. The summed E-state index contributed by atoms with van der Waals surface area (Å²) in [5.74, 6) is -1.58. The lowest BCUT2D eigenvalue weighted by Gasteiger charge is -2.20. The van der Waals surface area contributed by atoms with Gasteiger partial charge in [-0.3, -0.25) is 10.1 Å². The highest BCUT2D eigenvalue weighted by atomic mass is 32.2. The summed E-state index contributed by atoms with van der Waals surface area (Å²) in [6.07, 6.45) is 0. The monoisotopic (exact) mass is 404 g/mol. The Labute approximate surface area is 158 Å². The Kier molecular flexibility index (Phi) is 4.40. The third kappa shape index (κ3) is 3.43. The van der Waals surface area contributed by atoms with Crippen molar-refractivity contribution in [2.45, 2.75) is 0 Å². The number of hydrogen-bond acceptors (Lipinski definition) is 6.